The number of benzene rings is 1. The number of carbonyl (C=O) groups is 1. The lowest BCUT2D eigenvalue weighted by atomic mass is 10.1. The molecule has 0 unspecified atom stereocenters. The number of carbonyl (C=O) groups excluding carboxylic acids is 1. The van der Waals surface area contributed by atoms with E-state index in [2.05, 4.69) is 29.6 Å². The second-order valence-corrected chi connectivity index (χ2v) is 5.90. The average molecular weight is 285 g/mol. The maximum Gasteiger partial charge on any atom is 0.242 e. The van der Waals surface area contributed by atoms with Crippen LogP contribution < -0.4 is 5.32 Å². The summed E-state index contributed by atoms with van der Waals surface area (Å²) in [5.74, 6) is 0.148. The van der Waals surface area contributed by atoms with Gasteiger partial charge in [0, 0.05) is 37.9 Å². The second-order valence-electron chi connectivity index (χ2n) is 5.90. The molecule has 4 heteroatoms. The highest BCUT2D eigenvalue weighted by atomic mass is 16.2. The number of rotatable bonds is 6. The van der Waals surface area contributed by atoms with Gasteiger partial charge >= 0.3 is 0 Å². The van der Waals surface area contributed by atoms with Gasteiger partial charge in [-0.25, -0.2) is 0 Å². The van der Waals surface area contributed by atoms with E-state index >= 15 is 0 Å². The lowest BCUT2D eigenvalue weighted by molar-refractivity contribution is -0.130. The highest BCUT2D eigenvalue weighted by Gasteiger charge is 2.20. The maximum atomic E-state index is 12.0. The minimum absolute atomic E-state index is 0.148. The zero-order valence-electron chi connectivity index (χ0n) is 12.8. The van der Waals surface area contributed by atoms with Crippen molar-refractivity contribution in [3.8, 4) is 0 Å². The van der Waals surface area contributed by atoms with Gasteiger partial charge in [0.25, 0.3) is 0 Å². The molecule has 3 rings (SSSR count). The van der Waals surface area contributed by atoms with Crippen molar-refractivity contribution in [2.45, 2.75) is 38.9 Å². The van der Waals surface area contributed by atoms with Crippen molar-refractivity contribution in [2.24, 2.45) is 0 Å². The van der Waals surface area contributed by atoms with Crippen LogP contribution in [0.4, 0.5) is 0 Å². The summed E-state index contributed by atoms with van der Waals surface area (Å²) in [6, 6.07) is 9.32. The first-order chi connectivity index (χ1) is 10.2. The van der Waals surface area contributed by atoms with Crippen molar-refractivity contribution in [3.63, 3.8) is 0 Å². The summed E-state index contributed by atoms with van der Waals surface area (Å²) in [6.07, 6.45) is 4.63. The van der Waals surface area contributed by atoms with Crippen LogP contribution in [0.2, 0.25) is 0 Å². The van der Waals surface area contributed by atoms with Crippen LogP contribution in [-0.4, -0.2) is 35.0 Å². The predicted octanol–water partition coefficient (Wildman–Crippen LogP) is 2.37. The zero-order chi connectivity index (χ0) is 14.8. The Kier molecular flexibility index (Phi) is 3.97. The Bertz CT molecular complexity index is 643. The number of aromatic nitrogens is 1. The summed E-state index contributed by atoms with van der Waals surface area (Å²) in [6.45, 7) is 4.08. The first-order valence-electron chi connectivity index (χ1n) is 7.72. The van der Waals surface area contributed by atoms with E-state index < -0.39 is 0 Å². The lowest BCUT2D eigenvalue weighted by Crippen LogP contribution is -2.29. The first kappa shape index (κ1) is 14.1. The molecule has 1 amide bonds. The highest BCUT2D eigenvalue weighted by Crippen LogP contribution is 2.21. The lowest BCUT2D eigenvalue weighted by Gasteiger charge is -2.15. The van der Waals surface area contributed by atoms with Crippen LogP contribution >= 0.6 is 0 Å². The summed E-state index contributed by atoms with van der Waals surface area (Å²) >= 11 is 0. The highest BCUT2D eigenvalue weighted by molar-refractivity contribution is 5.83. The molecule has 4 nitrogen and oxygen atoms in total. The Balaban J connectivity index is 1.73. The number of fused-ring (bicyclic) bond motifs is 1. The average Bonchev–Trinajstić information content (AvgIpc) is 3.25. The third kappa shape index (κ3) is 3.27. The molecule has 0 saturated heterocycles. The Hall–Kier alpha value is -1.81. The van der Waals surface area contributed by atoms with E-state index in [0.29, 0.717) is 6.54 Å². The molecule has 1 heterocycles. The molecule has 21 heavy (non-hydrogen) atoms. The molecular formula is C17H23N3O. The van der Waals surface area contributed by atoms with Gasteiger partial charge in [-0.3, -0.25) is 4.79 Å². The minimum Gasteiger partial charge on any atom is -0.344 e. The van der Waals surface area contributed by atoms with Gasteiger partial charge in [-0.2, -0.15) is 0 Å². The fourth-order valence-corrected chi connectivity index (χ4v) is 2.49. The molecule has 1 aliphatic carbocycles. The molecule has 1 aliphatic rings. The Morgan fingerprint density at radius 3 is 2.90 bits per heavy atom. The number of nitrogens with zero attached hydrogens (tertiary/aromatic N) is 2. The van der Waals surface area contributed by atoms with Crippen molar-refractivity contribution in [3.05, 3.63) is 36.0 Å². The van der Waals surface area contributed by atoms with Gasteiger partial charge in [0.15, 0.2) is 0 Å². The third-order valence-corrected chi connectivity index (χ3v) is 4.21. The van der Waals surface area contributed by atoms with E-state index in [0.717, 1.165) is 24.6 Å². The molecular weight excluding hydrogens is 262 g/mol. The Morgan fingerprint density at radius 1 is 1.38 bits per heavy atom. The van der Waals surface area contributed by atoms with Gasteiger partial charge in [-0.05, 0) is 48.9 Å². The van der Waals surface area contributed by atoms with Crippen LogP contribution in [-0.2, 0) is 17.9 Å². The van der Waals surface area contributed by atoms with Gasteiger partial charge in [0.2, 0.25) is 5.91 Å². The molecule has 0 atom stereocenters. The smallest absolute Gasteiger partial charge is 0.242 e. The van der Waals surface area contributed by atoms with Crippen molar-refractivity contribution in [1.29, 1.82) is 0 Å². The maximum absolute atomic E-state index is 12.0. The van der Waals surface area contributed by atoms with Crippen LogP contribution in [0.15, 0.2) is 30.5 Å². The third-order valence-electron chi connectivity index (χ3n) is 4.21. The molecule has 1 fully saturated rings. The minimum atomic E-state index is 0.148. The van der Waals surface area contributed by atoms with Gasteiger partial charge in [0.1, 0.15) is 6.54 Å². The number of nitrogens with one attached hydrogen (secondary N) is 1. The molecule has 1 aromatic heterocycles. The summed E-state index contributed by atoms with van der Waals surface area (Å²) < 4.78 is 2.03. The van der Waals surface area contributed by atoms with E-state index in [1.807, 2.05) is 24.7 Å². The molecule has 0 aliphatic heterocycles. The molecule has 2 aromatic rings. The monoisotopic (exact) mass is 285 g/mol. The summed E-state index contributed by atoms with van der Waals surface area (Å²) in [5, 5.41) is 4.74. The summed E-state index contributed by atoms with van der Waals surface area (Å²) in [5.41, 5.74) is 2.44. The van der Waals surface area contributed by atoms with E-state index in [-0.39, 0.29) is 5.91 Å². The summed E-state index contributed by atoms with van der Waals surface area (Å²) in [7, 11) is 1.84. The normalized spacial score (nSPS) is 14.6. The molecule has 0 bridgehead atoms. The molecule has 1 N–H and O–H groups in total. The van der Waals surface area contributed by atoms with Gasteiger partial charge in [-0.15, -0.1) is 0 Å². The number of likely N-dealkylation sites (N-methyl/N-ethyl adjacent to an activating group) is 1. The molecule has 112 valence electrons. The van der Waals surface area contributed by atoms with Crippen LogP contribution in [0.25, 0.3) is 10.9 Å². The van der Waals surface area contributed by atoms with E-state index in [9.17, 15) is 4.79 Å². The zero-order valence-corrected chi connectivity index (χ0v) is 12.8. The van der Waals surface area contributed by atoms with Crippen molar-refractivity contribution >= 4 is 16.8 Å². The number of hydrogen-bond donors (Lipinski definition) is 1. The molecule has 0 spiro atoms. The Morgan fingerprint density at radius 2 is 2.19 bits per heavy atom. The molecule has 1 aromatic carbocycles. The van der Waals surface area contributed by atoms with Crippen LogP contribution in [0.3, 0.4) is 0 Å². The fraction of sp³-hybridized carbons (Fsp3) is 0.471. The van der Waals surface area contributed by atoms with Gasteiger partial charge < -0.3 is 14.8 Å². The SMILES string of the molecule is CCN(C)C(=O)Cn1ccc2cc(CNC3CC3)ccc21. The number of hydrogen-bond acceptors (Lipinski definition) is 2. The van der Waals surface area contributed by atoms with Crippen molar-refractivity contribution in [1.82, 2.24) is 14.8 Å². The molecule has 0 radical (unpaired) electrons. The van der Waals surface area contributed by atoms with Crippen LogP contribution in [0, 0.1) is 0 Å². The van der Waals surface area contributed by atoms with Crippen LogP contribution in [0.5, 0.6) is 0 Å². The number of amides is 1. The predicted molar refractivity (Wildman–Crippen MR) is 85.1 cm³/mol. The quantitative estimate of drug-likeness (QED) is 0.885. The van der Waals surface area contributed by atoms with E-state index in [1.165, 1.54) is 23.8 Å². The Labute approximate surface area is 125 Å². The topological polar surface area (TPSA) is 37.3 Å². The summed E-state index contributed by atoms with van der Waals surface area (Å²) in [4.78, 5) is 13.8. The molecule has 1 saturated carbocycles. The van der Waals surface area contributed by atoms with Crippen molar-refractivity contribution in [2.75, 3.05) is 13.6 Å². The van der Waals surface area contributed by atoms with E-state index in [1.54, 1.807) is 4.90 Å². The van der Waals surface area contributed by atoms with Crippen LogP contribution in [0.1, 0.15) is 25.3 Å². The largest absolute Gasteiger partial charge is 0.344 e. The first-order valence-corrected chi connectivity index (χ1v) is 7.72. The van der Waals surface area contributed by atoms with E-state index in [4.69, 9.17) is 0 Å². The standard InChI is InChI=1S/C17H23N3O/c1-3-19(2)17(21)12-20-9-8-14-10-13(4-7-16(14)20)11-18-15-5-6-15/h4,7-10,15,18H,3,5-6,11-12H2,1-2H3. The van der Waals surface area contributed by atoms with Gasteiger partial charge in [0.05, 0.1) is 0 Å². The van der Waals surface area contributed by atoms with Gasteiger partial charge in [-0.1, -0.05) is 6.07 Å². The van der Waals surface area contributed by atoms with Crippen molar-refractivity contribution < 1.29 is 4.79 Å². The second kappa shape index (κ2) is 5.90. The fourth-order valence-electron chi connectivity index (χ4n) is 2.49.